The van der Waals surface area contributed by atoms with Gasteiger partial charge in [0.05, 0.1) is 6.61 Å². The van der Waals surface area contributed by atoms with E-state index in [9.17, 15) is 0 Å². The fourth-order valence-corrected chi connectivity index (χ4v) is 3.58. The minimum atomic E-state index is 0.525. The molecule has 0 N–H and O–H groups in total. The minimum absolute atomic E-state index is 0.525. The highest BCUT2D eigenvalue weighted by molar-refractivity contribution is 7.80. The third kappa shape index (κ3) is 4.76. The second kappa shape index (κ2) is 9.04. The Kier molecular flexibility index (Phi) is 6.51. The van der Waals surface area contributed by atoms with E-state index in [4.69, 9.17) is 21.7 Å². The van der Waals surface area contributed by atoms with Gasteiger partial charge in [-0.25, -0.2) is 0 Å². The van der Waals surface area contributed by atoms with Crippen LogP contribution >= 0.6 is 12.2 Å². The molecule has 26 heavy (non-hydrogen) atoms. The maximum atomic E-state index is 6.03. The van der Waals surface area contributed by atoms with Crippen molar-refractivity contribution in [3.05, 3.63) is 59.2 Å². The average molecular weight is 370 g/mol. The molecule has 0 amide bonds. The van der Waals surface area contributed by atoms with Gasteiger partial charge in [-0.05, 0) is 56.9 Å². The molecule has 1 aliphatic heterocycles. The molecule has 0 bridgehead atoms. The van der Waals surface area contributed by atoms with Gasteiger partial charge in [0.15, 0.2) is 11.5 Å². The predicted molar refractivity (Wildman–Crippen MR) is 110 cm³/mol. The Morgan fingerprint density at radius 1 is 1.00 bits per heavy atom. The summed E-state index contributed by atoms with van der Waals surface area (Å²) in [6.45, 7) is 7.30. The van der Waals surface area contributed by atoms with E-state index >= 15 is 0 Å². The smallest absolute Gasteiger partial charge is 0.161 e. The Balaban J connectivity index is 1.74. The van der Waals surface area contributed by atoms with Gasteiger partial charge in [-0.3, -0.25) is 0 Å². The molecule has 0 unspecified atom stereocenters. The second-order valence-corrected chi connectivity index (χ2v) is 7.11. The lowest BCUT2D eigenvalue weighted by Crippen LogP contribution is -2.34. The number of piperidine rings is 1. The maximum Gasteiger partial charge on any atom is 0.161 e. The third-order valence-corrected chi connectivity index (χ3v) is 5.10. The molecule has 0 radical (unpaired) electrons. The van der Waals surface area contributed by atoms with E-state index in [-0.39, 0.29) is 0 Å². The summed E-state index contributed by atoms with van der Waals surface area (Å²) in [4.78, 5) is 3.22. The zero-order valence-corrected chi connectivity index (χ0v) is 16.5. The number of ether oxygens (including phenoxy) is 2. The highest BCUT2D eigenvalue weighted by atomic mass is 32.1. The molecule has 0 saturated carbocycles. The van der Waals surface area contributed by atoms with Crippen molar-refractivity contribution in [1.29, 1.82) is 0 Å². The van der Waals surface area contributed by atoms with Gasteiger partial charge in [-0.2, -0.15) is 0 Å². The van der Waals surface area contributed by atoms with Gasteiger partial charge in [0, 0.05) is 18.7 Å². The van der Waals surface area contributed by atoms with Crippen LogP contribution in [-0.2, 0) is 6.61 Å². The zero-order valence-electron chi connectivity index (χ0n) is 15.7. The summed E-state index contributed by atoms with van der Waals surface area (Å²) >= 11 is 5.71. The van der Waals surface area contributed by atoms with Gasteiger partial charge in [-0.1, -0.05) is 42.0 Å². The molecule has 138 valence electrons. The van der Waals surface area contributed by atoms with E-state index in [0.717, 1.165) is 40.7 Å². The first-order valence-electron chi connectivity index (χ1n) is 9.42. The van der Waals surface area contributed by atoms with Crippen LogP contribution in [-0.4, -0.2) is 29.6 Å². The van der Waals surface area contributed by atoms with E-state index in [2.05, 4.69) is 36.1 Å². The lowest BCUT2D eigenvalue weighted by molar-refractivity contribution is 0.269. The van der Waals surface area contributed by atoms with Crippen LogP contribution in [0.4, 0.5) is 0 Å². The summed E-state index contributed by atoms with van der Waals surface area (Å²) in [5.41, 5.74) is 3.42. The third-order valence-electron chi connectivity index (χ3n) is 4.61. The molecule has 1 heterocycles. The zero-order chi connectivity index (χ0) is 18.4. The highest BCUT2D eigenvalue weighted by Crippen LogP contribution is 2.30. The van der Waals surface area contributed by atoms with Crippen LogP contribution in [0.5, 0.6) is 11.5 Å². The van der Waals surface area contributed by atoms with Crippen LogP contribution in [0.3, 0.4) is 0 Å². The average Bonchev–Trinajstić information content (AvgIpc) is 2.67. The van der Waals surface area contributed by atoms with Crippen molar-refractivity contribution in [1.82, 2.24) is 4.90 Å². The van der Waals surface area contributed by atoms with E-state index in [1.165, 1.54) is 24.8 Å². The number of rotatable bonds is 6. The summed E-state index contributed by atoms with van der Waals surface area (Å²) in [6.07, 6.45) is 3.74. The standard InChI is InChI=1S/C22H27NO2S/c1-3-24-21-15-19(22(26)23-12-5-4-6-13-23)10-11-20(21)25-16-18-9-7-8-17(2)14-18/h7-11,14-15H,3-6,12-13,16H2,1-2H3. The van der Waals surface area contributed by atoms with Gasteiger partial charge in [0.2, 0.25) is 0 Å². The number of likely N-dealkylation sites (tertiary alicyclic amines) is 1. The Morgan fingerprint density at radius 3 is 2.54 bits per heavy atom. The molecule has 1 fully saturated rings. The molecule has 0 atom stereocenters. The molecule has 3 nitrogen and oxygen atoms in total. The molecular formula is C22H27NO2S. The Labute approximate surface area is 161 Å². The number of nitrogens with zero attached hydrogens (tertiary/aromatic N) is 1. The Bertz CT molecular complexity index is 754. The van der Waals surface area contributed by atoms with Crippen molar-refractivity contribution in [2.45, 2.75) is 39.7 Å². The maximum absolute atomic E-state index is 6.03. The van der Waals surface area contributed by atoms with Crippen LogP contribution in [0.2, 0.25) is 0 Å². The fraction of sp³-hybridized carbons (Fsp3) is 0.409. The van der Waals surface area contributed by atoms with Gasteiger partial charge in [0.25, 0.3) is 0 Å². The first-order chi connectivity index (χ1) is 12.7. The van der Waals surface area contributed by atoms with Crippen LogP contribution in [0, 0.1) is 6.92 Å². The van der Waals surface area contributed by atoms with Crippen molar-refractivity contribution in [3.63, 3.8) is 0 Å². The van der Waals surface area contributed by atoms with E-state index in [1.54, 1.807) is 0 Å². The van der Waals surface area contributed by atoms with Gasteiger partial charge >= 0.3 is 0 Å². The topological polar surface area (TPSA) is 21.7 Å². The van der Waals surface area contributed by atoms with E-state index in [1.807, 2.05) is 25.1 Å². The molecule has 0 aliphatic carbocycles. The van der Waals surface area contributed by atoms with E-state index in [0.29, 0.717) is 13.2 Å². The largest absolute Gasteiger partial charge is 0.490 e. The van der Waals surface area contributed by atoms with Crippen LogP contribution in [0.25, 0.3) is 0 Å². The predicted octanol–water partition coefficient (Wildman–Crippen LogP) is 5.13. The first kappa shape index (κ1) is 18.7. The van der Waals surface area contributed by atoms with Crippen molar-refractivity contribution in [3.8, 4) is 11.5 Å². The lowest BCUT2D eigenvalue weighted by atomic mass is 10.1. The quantitative estimate of drug-likeness (QED) is 0.658. The number of thiocarbonyl (C=S) groups is 1. The monoisotopic (exact) mass is 369 g/mol. The van der Waals surface area contributed by atoms with Crippen molar-refractivity contribution in [2.75, 3.05) is 19.7 Å². The summed E-state index contributed by atoms with van der Waals surface area (Å²) < 4.78 is 11.9. The van der Waals surface area contributed by atoms with Crippen LogP contribution in [0.1, 0.15) is 42.9 Å². The molecule has 2 aromatic rings. The molecule has 2 aromatic carbocycles. The molecular weight excluding hydrogens is 342 g/mol. The summed E-state index contributed by atoms with van der Waals surface area (Å²) in [6, 6.07) is 14.4. The molecule has 0 aromatic heterocycles. The normalized spacial score (nSPS) is 14.2. The summed E-state index contributed by atoms with van der Waals surface area (Å²) in [7, 11) is 0. The van der Waals surface area contributed by atoms with Gasteiger partial charge in [0.1, 0.15) is 11.6 Å². The Hall–Kier alpha value is -2.07. The van der Waals surface area contributed by atoms with Crippen LogP contribution < -0.4 is 9.47 Å². The van der Waals surface area contributed by atoms with Gasteiger partial charge < -0.3 is 14.4 Å². The summed E-state index contributed by atoms with van der Waals surface area (Å²) in [5, 5.41) is 0. The summed E-state index contributed by atoms with van der Waals surface area (Å²) in [5.74, 6) is 1.52. The highest BCUT2D eigenvalue weighted by Gasteiger charge is 2.17. The number of benzene rings is 2. The lowest BCUT2D eigenvalue weighted by Gasteiger charge is -2.29. The Morgan fingerprint density at radius 2 is 1.81 bits per heavy atom. The number of hydrogen-bond donors (Lipinski definition) is 0. The SMILES string of the molecule is CCOc1cc(C(=S)N2CCCCC2)ccc1OCc1cccc(C)c1. The first-order valence-corrected chi connectivity index (χ1v) is 9.82. The molecule has 0 spiro atoms. The van der Waals surface area contributed by atoms with E-state index < -0.39 is 0 Å². The minimum Gasteiger partial charge on any atom is -0.490 e. The van der Waals surface area contributed by atoms with Crippen molar-refractivity contribution >= 4 is 17.2 Å². The number of aryl methyl sites for hydroxylation is 1. The second-order valence-electron chi connectivity index (χ2n) is 6.73. The van der Waals surface area contributed by atoms with Gasteiger partial charge in [-0.15, -0.1) is 0 Å². The number of hydrogen-bond acceptors (Lipinski definition) is 3. The molecule has 3 rings (SSSR count). The fourth-order valence-electron chi connectivity index (χ4n) is 3.27. The molecule has 1 saturated heterocycles. The molecule has 4 heteroatoms. The van der Waals surface area contributed by atoms with Crippen molar-refractivity contribution < 1.29 is 9.47 Å². The molecule has 1 aliphatic rings. The van der Waals surface area contributed by atoms with Crippen molar-refractivity contribution in [2.24, 2.45) is 0 Å². The van der Waals surface area contributed by atoms with Crippen LogP contribution in [0.15, 0.2) is 42.5 Å².